The highest BCUT2D eigenvalue weighted by Crippen LogP contribution is 2.67. The molecule has 4 bridgehead atoms. The maximum absolute atomic E-state index is 3.76. The molecule has 4 aliphatic carbocycles. The molecule has 3 atom stereocenters. The van der Waals surface area contributed by atoms with Crippen LogP contribution in [0.1, 0.15) is 61.1 Å². The first kappa shape index (κ1) is 20.0. The van der Waals surface area contributed by atoms with Crippen molar-refractivity contribution in [2.75, 3.05) is 6.54 Å². The largest absolute Gasteiger partial charge is 0.313 e. The Morgan fingerprint density at radius 2 is 1.57 bits per heavy atom. The van der Waals surface area contributed by atoms with E-state index >= 15 is 0 Å². The number of benzene rings is 2. The number of aryl methyl sites for hydroxylation is 1. The van der Waals surface area contributed by atoms with Gasteiger partial charge in [0.1, 0.15) is 0 Å². The van der Waals surface area contributed by atoms with Gasteiger partial charge in [0.25, 0.3) is 0 Å². The predicted molar refractivity (Wildman–Crippen MR) is 120 cm³/mol. The van der Waals surface area contributed by atoms with Crippen LogP contribution in [-0.2, 0) is 6.54 Å². The molecule has 3 unspecified atom stereocenters. The summed E-state index contributed by atoms with van der Waals surface area (Å²) < 4.78 is 0. The molecule has 2 heteroatoms. The molecule has 4 aliphatic rings. The second-order valence-electron chi connectivity index (χ2n) is 9.77. The van der Waals surface area contributed by atoms with Crippen molar-refractivity contribution >= 4 is 12.4 Å². The molecule has 0 aromatic heterocycles. The Morgan fingerprint density at radius 3 is 2.25 bits per heavy atom. The number of nitrogens with one attached hydrogen (secondary N) is 1. The fraction of sp³-hybridized carbons (Fsp3) is 0.538. The number of rotatable bonds is 6. The fourth-order valence-electron chi connectivity index (χ4n) is 7.13. The molecular weight excluding hydrogens is 362 g/mol. The van der Waals surface area contributed by atoms with Gasteiger partial charge in [-0.25, -0.2) is 0 Å². The first-order valence-corrected chi connectivity index (χ1v) is 11.0. The molecule has 0 radical (unpaired) electrons. The van der Waals surface area contributed by atoms with E-state index in [0.29, 0.717) is 5.41 Å². The topological polar surface area (TPSA) is 12.0 Å². The molecule has 4 saturated carbocycles. The van der Waals surface area contributed by atoms with Crippen LogP contribution in [0.3, 0.4) is 0 Å². The van der Waals surface area contributed by atoms with E-state index < -0.39 is 0 Å². The van der Waals surface area contributed by atoms with Crippen molar-refractivity contribution in [3.05, 3.63) is 71.3 Å². The molecule has 0 aliphatic heterocycles. The molecule has 0 spiro atoms. The van der Waals surface area contributed by atoms with Crippen molar-refractivity contribution in [2.24, 2.45) is 23.2 Å². The summed E-state index contributed by atoms with van der Waals surface area (Å²) in [5, 5.41) is 3.76. The summed E-state index contributed by atoms with van der Waals surface area (Å²) >= 11 is 0. The Kier molecular flexibility index (Phi) is 5.86. The van der Waals surface area contributed by atoms with E-state index in [1.165, 1.54) is 49.7 Å². The van der Waals surface area contributed by atoms with Crippen molar-refractivity contribution < 1.29 is 0 Å². The molecule has 1 N–H and O–H groups in total. The Hall–Kier alpha value is -1.31. The van der Waals surface area contributed by atoms with Crippen LogP contribution in [0.25, 0.3) is 0 Å². The molecular formula is C26H34ClN. The van der Waals surface area contributed by atoms with Crippen molar-refractivity contribution in [2.45, 2.75) is 57.9 Å². The van der Waals surface area contributed by atoms with Gasteiger partial charge in [0, 0.05) is 6.54 Å². The highest BCUT2D eigenvalue weighted by Gasteiger charge is 2.56. The second-order valence-corrected chi connectivity index (χ2v) is 9.77. The highest BCUT2D eigenvalue weighted by molar-refractivity contribution is 5.85. The van der Waals surface area contributed by atoms with Crippen molar-refractivity contribution in [3.8, 4) is 0 Å². The molecule has 4 fully saturated rings. The summed E-state index contributed by atoms with van der Waals surface area (Å²) in [5.74, 6) is 3.76. The summed E-state index contributed by atoms with van der Waals surface area (Å²) in [5.41, 5.74) is 4.97. The van der Waals surface area contributed by atoms with Gasteiger partial charge in [0.15, 0.2) is 0 Å². The van der Waals surface area contributed by atoms with Crippen LogP contribution < -0.4 is 5.32 Å². The summed E-state index contributed by atoms with van der Waals surface area (Å²) in [6, 6.07) is 20.4. The van der Waals surface area contributed by atoms with E-state index in [4.69, 9.17) is 0 Å². The van der Waals surface area contributed by atoms with Gasteiger partial charge in [-0.15, -0.1) is 12.4 Å². The minimum Gasteiger partial charge on any atom is -0.313 e. The molecule has 2 aromatic carbocycles. The Morgan fingerprint density at radius 1 is 0.893 bits per heavy atom. The third kappa shape index (κ3) is 3.76. The van der Waals surface area contributed by atoms with Crippen molar-refractivity contribution in [1.82, 2.24) is 5.32 Å². The summed E-state index contributed by atoms with van der Waals surface area (Å²) in [7, 11) is 0. The fourth-order valence-corrected chi connectivity index (χ4v) is 7.13. The minimum absolute atomic E-state index is 0. The third-order valence-corrected chi connectivity index (χ3v) is 7.87. The van der Waals surface area contributed by atoms with Crippen LogP contribution in [0.5, 0.6) is 0 Å². The smallest absolute Gasteiger partial charge is 0.0205 e. The molecule has 2 aromatic rings. The maximum Gasteiger partial charge on any atom is 0.0205 e. The van der Waals surface area contributed by atoms with E-state index in [0.717, 1.165) is 36.8 Å². The minimum atomic E-state index is 0. The van der Waals surface area contributed by atoms with Crippen molar-refractivity contribution in [3.63, 3.8) is 0 Å². The van der Waals surface area contributed by atoms with Crippen LogP contribution in [0.2, 0.25) is 0 Å². The third-order valence-electron chi connectivity index (χ3n) is 7.87. The van der Waals surface area contributed by atoms with Gasteiger partial charge in [-0.1, -0.05) is 60.2 Å². The molecule has 28 heavy (non-hydrogen) atoms. The average Bonchev–Trinajstić information content (AvgIpc) is 2.67. The summed E-state index contributed by atoms with van der Waals surface area (Å²) in [4.78, 5) is 0. The normalized spacial score (nSPS) is 32.9. The molecule has 1 nitrogen and oxygen atoms in total. The molecule has 0 heterocycles. The van der Waals surface area contributed by atoms with E-state index in [9.17, 15) is 0 Å². The van der Waals surface area contributed by atoms with Gasteiger partial charge in [0.05, 0.1) is 0 Å². The molecule has 0 amide bonds. The summed E-state index contributed by atoms with van der Waals surface area (Å²) in [6.07, 6.45) is 8.82. The molecule has 0 saturated heterocycles. The van der Waals surface area contributed by atoms with Crippen molar-refractivity contribution in [1.29, 1.82) is 0 Å². The predicted octanol–water partition coefficient (Wildman–Crippen LogP) is 6.51. The Balaban J connectivity index is 0.00000192. The lowest BCUT2D eigenvalue weighted by Gasteiger charge is -2.62. The maximum atomic E-state index is 3.76. The van der Waals surface area contributed by atoms with Crippen LogP contribution in [0, 0.1) is 30.1 Å². The standard InChI is InChI=1S/C26H33N.ClH/c1-19-7-9-23(10-8-19)25-24-14-21-13-22(15-24)17-26(25,16-21)11-12-27-18-20-5-3-2-4-6-20;/h2-10,21-22,24-25,27H,11-18H2,1H3;1H. The zero-order valence-corrected chi connectivity index (χ0v) is 17.9. The van der Waals surface area contributed by atoms with Crippen LogP contribution >= 0.6 is 12.4 Å². The quantitative estimate of drug-likeness (QED) is 0.550. The van der Waals surface area contributed by atoms with Crippen LogP contribution in [-0.4, -0.2) is 6.54 Å². The summed E-state index contributed by atoms with van der Waals surface area (Å²) in [6.45, 7) is 4.37. The van der Waals surface area contributed by atoms with Gasteiger partial charge in [0.2, 0.25) is 0 Å². The van der Waals surface area contributed by atoms with Gasteiger partial charge in [-0.2, -0.15) is 0 Å². The van der Waals surface area contributed by atoms with Gasteiger partial charge >= 0.3 is 0 Å². The van der Waals surface area contributed by atoms with Gasteiger partial charge in [-0.05, 0) is 92.2 Å². The number of halogens is 1. The number of hydrogen-bond donors (Lipinski definition) is 1. The zero-order chi connectivity index (χ0) is 18.3. The van der Waals surface area contributed by atoms with E-state index in [2.05, 4.69) is 66.8 Å². The first-order valence-electron chi connectivity index (χ1n) is 11.0. The SMILES string of the molecule is Cc1ccc(C2C3CC4CC(C3)CC2(CCNCc2ccccc2)C4)cc1.Cl. The first-order chi connectivity index (χ1) is 13.2. The van der Waals surface area contributed by atoms with Crippen LogP contribution in [0.15, 0.2) is 54.6 Å². The van der Waals surface area contributed by atoms with Gasteiger partial charge in [-0.3, -0.25) is 0 Å². The zero-order valence-electron chi connectivity index (χ0n) is 17.1. The lowest BCUT2D eigenvalue weighted by atomic mass is 9.43. The Bertz CT molecular complexity index is 755. The monoisotopic (exact) mass is 395 g/mol. The second kappa shape index (κ2) is 8.20. The Labute approximate surface area is 176 Å². The number of hydrogen-bond acceptors (Lipinski definition) is 1. The van der Waals surface area contributed by atoms with E-state index in [-0.39, 0.29) is 12.4 Å². The average molecular weight is 396 g/mol. The lowest BCUT2D eigenvalue weighted by Crippen LogP contribution is -2.52. The van der Waals surface area contributed by atoms with E-state index in [1.54, 1.807) is 5.56 Å². The van der Waals surface area contributed by atoms with E-state index in [1.807, 2.05) is 0 Å². The lowest BCUT2D eigenvalue weighted by molar-refractivity contribution is -0.0796. The van der Waals surface area contributed by atoms with Crippen LogP contribution in [0.4, 0.5) is 0 Å². The van der Waals surface area contributed by atoms with Gasteiger partial charge < -0.3 is 5.32 Å². The molecule has 150 valence electrons. The molecule has 6 rings (SSSR count). The highest BCUT2D eigenvalue weighted by atomic mass is 35.5.